The molecule has 1 amide bonds. The fraction of sp³-hybridized carbons (Fsp3) is 0.789. The van der Waals surface area contributed by atoms with Crippen LogP contribution in [-0.4, -0.2) is 22.4 Å². The predicted molar refractivity (Wildman–Crippen MR) is 86.2 cm³/mol. The summed E-state index contributed by atoms with van der Waals surface area (Å²) in [5.74, 6) is 1.88. The Kier molecular flexibility index (Phi) is 3.29. The predicted octanol–water partition coefficient (Wildman–Crippen LogP) is 2.34. The van der Waals surface area contributed by atoms with Crippen LogP contribution in [-0.2, 0) is 9.59 Å². The van der Waals surface area contributed by atoms with Crippen molar-refractivity contribution in [3.63, 3.8) is 0 Å². The molecule has 0 aromatic carbocycles. The zero-order valence-corrected chi connectivity index (χ0v) is 13.9. The third-order valence-electron chi connectivity index (χ3n) is 7.86. The van der Waals surface area contributed by atoms with Gasteiger partial charge in [-0.1, -0.05) is 12.5 Å². The molecule has 4 aliphatic carbocycles. The van der Waals surface area contributed by atoms with Crippen LogP contribution in [0, 0.1) is 29.1 Å². The Hall–Kier alpha value is -1.16. The van der Waals surface area contributed by atoms with Crippen molar-refractivity contribution in [1.82, 2.24) is 0 Å². The molecule has 23 heavy (non-hydrogen) atoms. The van der Waals surface area contributed by atoms with Gasteiger partial charge in [-0.25, -0.2) is 0 Å². The molecule has 0 heterocycles. The molecule has 4 nitrogen and oxygen atoms in total. The third-order valence-corrected chi connectivity index (χ3v) is 7.86. The normalized spacial score (nSPS) is 49.0. The number of amides is 1. The van der Waals surface area contributed by atoms with Gasteiger partial charge >= 0.3 is 0 Å². The molecule has 6 atom stereocenters. The highest BCUT2D eigenvalue weighted by Gasteiger charge is 2.64. The van der Waals surface area contributed by atoms with Crippen molar-refractivity contribution in [3.05, 3.63) is 11.6 Å². The van der Waals surface area contributed by atoms with Crippen LogP contribution in [0.3, 0.4) is 0 Å². The summed E-state index contributed by atoms with van der Waals surface area (Å²) in [7, 11) is 0. The highest BCUT2D eigenvalue weighted by molar-refractivity contribution is 5.91. The fourth-order valence-electron chi connectivity index (χ4n) is 6.60. The van der Waals surface area contributed by atoms with Gasteiger partial charge in [0.25, 0.3) is 0 Å². The molecule has 4 aliphatic rings. The standard InChI is InChI=1S/C19H27NO3/c1-18-8-6-14-13-5-3-12(21)10-11(13)2-4-15(14)16(18)7-9-19(18,23)17(20)22/h10,13-16,23H,2-9H2,1H3,(H2,20,22). The Morgan fingerprint density at radius 1 is 1.17 bits per heavy atom. The number of allylic oxidation sites excluding steroid dienone is 1. The zero-order valence-electron chi connectivity index (χ0n) is 13.9. The molecule has 0 aliphatic heterocycles. The van der Waals surface area contributed by atoms with E-state index >= 15 is 0 Å². The lowest BCUT2D eigenvalue weighted by atomic mass is 9.50. The fourth-order valence-corrected chi connectivity index (χ4v) is 6.60. The Labute approximate surface area is 137 Å². The van der Waals surface area contributed by atoms with Crippen LogP contribution in [0.25, 0.3) is 0 Å². The van der Waals surface area contributed by atoms with Gasteiger partial charge in [-0.3, -0.25) is 9.59 Å². The highest BCUT2D eigenvalue weighted by Crippen LogP contribution is 2.64. The average molecular weight is 317 g/mol. The molecular weight excluding hydrogens is 290 g/mol. The van der Waals surface area contributed by atoms with Crippen LogP contribution in [0.1, 0.15) is 58.3 Å². The molecular formula is C19H27NO3. The van der Waals surface area contributed by atoms with Crippen molar-refractivity contribution in [2.45, 2.75) is 63.9 Å². The summed E-state index contributed by atoms with van der Waals surface area (Å²) in [6.45, 7) is 2.08. The number of nitrogens with two attached hydrogens (primary N) is 1. The molecule has 3 N–H and O–H groups in total. The summed E-state index contributed by atoms with van der Waals surface area (Å²) in [4.78, 5) is 23.6. The second kappa shape index (κ2) is 4.92. The molecule has 0 radical (unpaired) electrons. The van der Waals surface area contributed by atoms with Gasteiger partial charge in [0.15, 0.2) is 5.78 Å². The van der Waals surface area contributed by atoms with E-state index in [1.807, 2.05) is 6.08 Å². The first-order chi connectivity index (χ1) is 10.9. The quantitative estimate of drug-likeness (QED) is 0.779. The lowest BCUT2D eigenvalue weighted by Gasteiger charge is -2.55. The number of ketones is 1. The van der Waals surface area contributed by atoms with E-state index in [4.69, 9.17) is 5.73 Å². The van der Waals surface area contributed by atoms with Gasteiger partial charge in [0, 0.05) is 11.8 Å². The van der Waals surface area contributed by atoms with Gasteiger partial charge in [0.1, 0.15) is 5.60 Å². The first-order valence-electron chi connectivity index (χ1n) is 9.12. The van der Waals surface area contributed by atoms with Crippen LogP contribution in [0.2, 0.25) is 0 Å². The molecule has 6 unspecified atom stereocenters. The summed E-state index contributed by atoms with van der Waals surface area (Å²) in [5.41, 5.74) is 5.25. The number of rotatable bonds is 1. The minimum Gasteiger partial charge on any atom is -0.379 e. The van der Waals surface area contributed by atoms with Gasteiger partial charge < -0.3 is 10.8 Å². The van der Waals surface area contributed by atoms with E-state index in [1.54, 1.807) is 0 Å². The number of carbonyl (C=O) groups is 2. The highest BCUT2D eigenvalue weighted by atomic mass is 16.3. The Balaban J connectivity index is 1.65. The summed E-state index contributed by atoms with van der Waals surface area (Å²) in [6.07, 6.45) is 9.03. The van der Waals surface area contributed by atoms with E-state index in [1.165, 1.54) is 5.57 Å². The SMILES string of the molecule is CC12CCC3C4CCC(=O)C=C4CCC3C1CCC2(O)C(N)=O. The summed E-state index contributed by atoms with van der Waals surface area (Å²) < 4.78 is 0. The van der Waals surface area contributed by atoms with Gasteiger partial charge in [-0.2, -0.15) is 0 Å². The molecule has 0 spiro atoms. The smallest absolute Gasteiger partial charge is 0.249 e. The van der Waals surface area contributed by atoms with Crippen molar-refractivity contribution >= 4 is 11.7 Å². The molecule has 4 rings (SSSR count). The Morgan fingerprint density at radius 3 is 2.70 bits per heavy atom. The molecule has 3 saturated carbocycles. The van der Waals surface area contributed by atoms with Gasteiger partial charge in [-0.05, 0) is 74.7 Å². The minimum absolute atomic E-state index is 0.291. The van der Waals surface area contributed by atoms with Crippen molar-refractivity contribution < 1.29 is 14.7 Å². The monoisotopic (exact) mass is 317 g/mol. The van der Waals surface area contributed by atoms with E-state index in [0.717, 1.165) is 38.5 Å². The summed E-state index contributed by atoms with van der Waals surface area (Å²) in [6, 6.07) is 0. The lowest BCUT2D eigenvalue weighted by molar-refractivity contribution is -0.158. The van der Waals surface area contributed by atoms with Crippen molar-refractivity contribution in [1.29, 1.82) is 0 Å². The molecule has 0 saturated heterocycles. The second-order valence-corrected chi connectivity index (χ2v) is 8.52. The molecule has 0 bridgehead atoms. The Bertz CT molecular complexity index is 597. The molecule has 4 heteroatoms. The number of fused-ring (bicyclic) bond motifs is 5. The van der Waals surface area contributed by atoms with Crippen LogP contribution in [0.5, 0.6) is 0 Å². The van der Waals surface area contributed by atoms with E-state index in [2.05, 4.69) is 6.92 Å². The maximum atomic E-state index is 11.9. The van der Waals surface area contributed by atoms with E-state index in [9.17, 15) is 14.7 Å². The number of primary amides is 1. The van der Waals surface area contributed by atoms with E-state index in [0.29, 0.717) is 42.3 Å². The molecule has 3 fully saturated rings. The molecule has 126 valence electrons. The van der Waals surface area contributed by atoms with Crippen LogP contribution >= 0.6 is 0 Å². The Morgan fingerprint density at radius 2 is 1.96 bits per heavy atom. The number of hydrogen-bond donors (Lipinski definition) is 2. The number of hydrogen-bond acceptors (Lipinski definition) is 3. The van der Waals surface area contributed by atoms with Crippen LogP contribution in [0.15, 0.2) is 11.6 Å². The zero-order chi connectivity index (χ0) is 16.4. The van der Waals surface area contributed by atoms with Gasteiger partial charge in [0.2, 0.25) is 5.91 Å². The summed E-state index contributed by atoms with van der Waals surface area (Å²) >= 11 is 0. The number of carbonyl (C=O) groups excluding carboxylic acids is 2. The maximum absolute atomic E-state index is 11.9. The van der Waals surface area contributed by atoms with Gasteiger partial charge in [-0.15, -0.1) is 0 Å². The van der Waals surface area contributed by atoms with Crippen molar-refractivity contribution in [2.75, 3.05) is 0 Å². The maximum Gasteiger partial charge on any atom is 0.249 e. The molecule has 0 aromatic rings. The number of aliphatic hydroxyl groups is 1. The van der Waals surface area contributed by atoms with Crippen LogP contribution < -0.4 is 5.73 Å². The minimum atomic E-state index is -1.33. The lowest BCUT2D eigenvalue weighted by Crippen LogP contribution is -2.58. The van der Waals surface area contributed by atoms with Crippen molar-refractivity contribution in [2.24, 2.45) is 34.8 Å². The van der Waals surface area contributed by atoms with E-state index < -0.39 is 11.5 Å². The van der Waals surface area contributed by atoms with Crippen molar-refractivity contribution in [3.8, 4) is 0 Å². The van der Waals surface area contributed by atoms with E-state index in [-0.39, 0.29) is 5.41 Å². The third kappa shape index (κ3) is 1.93. The largest absolute Gasteiger partial charge is 0.379 e. The molecule has 0 aromatic heterocycles. The first-order valence-corrected chi connectivity index (χ1v) is 9.12. The average Bonchev–Trinajstić information content (AvgIpc) is 2.80. The van der Waals surface area contributed by atoms with Crippen LogP contribution in [0.4, 0.5) is 0 Å². The topological polar surface area (TPSA) is 80.4 Å². The first kappa shape index (κ1) is 15.4. The summed E-state index contributed by atoms with van der Waals surface area (Å²) in [5, 5.41) is 10.9. The van der Waals surface area contributed by atoms with Gasteiger partial charge in [0.05, 0.1) is 0 Å². The second-order valence-electron chi connectivity index (χ2n) is 8.52.